The summed E-state index contributed by atoms with van der Waals surface area (Å²) in [6.07, 6.45) is -0.489. The molecule has 0 saturated carbocycles. The molecule has 4 heteroatoms. The molecule has 12 heavy (non-hydrogen) atoms. The largest absolute Gasteiger partial charge is 0.396 e. The minimum atomic E-state index is -0.745. The van der Waals surface area contributed by atoms with Gasteiger partial charge in [0, 0.05) is 12.0 Å². The second kappa shape index (κ2) is 4.46. The summed E-state index contributed by atoms with van der Waals surface area (Å²) in [5, 5.41) is 17.9. The summed E-state index contributed by atoms with van der Waals surface area (Å²) in [6, 6.07) is 0. The van der Waals surface area contributed by atoms with Crippen LogP contribution in [0, 0.1) is 5.41 Å². The Hall–Kier alpha value is -1.41. The van der Waals surface area contributed by atoms with Crippen molar-refractivity contribution in [1.82, 2.24) is 0 Å². The van der Waals surface area contributed by atoms with Crippen LogP contribution in [0.1, 0.15) is 27.2 Å². The summed E-state index contributed by atoms with van der Waals surface area (Å²) in [4.78, 5) is 10.9. The molecule has 0 amide bonds. The molecule has 68 valence electrons. The van der Waals surface area contributed by atoms with E-state index < -0.39 is 11.5 Å². The minimum Gasteiger partial charge on any atom is -0.396 e. The molecule has 3 nitrogen and oxygen atoms in total. The summed E-state index contributed by atoms with van der Waals surface area (Å²) in [6.45, 7) is 4.71. The molecule has 0 aliphatic carbocycles. The molecule has 0 saturated heterocycles. The second-order valence-corrected chi connectivity index (χ2v) is 3.31. The molecule has 0 rings (SSSR count). The molecule has 0 radical (unpaired) electrons. The fraction of sp³-hybridized carbons (Fsp3) is 0.875. The van der Waals surface area contributed by atoms with Gasteiger partial charge in [0.15, 0.2) is 0 Å². The topological polar surface area (TPSA) is 57.5 Å². The molecule has 1 atom stereocenters. The summed E-state index contributed by atoms with van der Waals surface area (Å²) in [7, 11) is 0. The van der Waals surface area contributed by atoms with E-state index in [2.05, 4.69) is 0 Å². The van der Waals surface area contributed by atoms with Gasteiger partial charge >= 0.3 is 0 Å². The van der Waals surface area contributed by atoms with Crippen molar-refractivity contribution in [1.29, 1.82) is 0 Å². The van der Waals surface area contributed by atoms with Crippen LogP contribution in [0.5, 0.6) is 0 Å². The van der Waals surface area contributed by atoms with Crippen molar-refractivity contribution in [2.75, 3.05) is 6.61 Å². The van der Waals surface area contributed by atoms with Crippen molar-refractivity contribution in [3.05, 3.63) is 0 Å². The van der Waals surface area contributed by atoms with Crippen molar-refractivity contribution in [2.45, 2.75) is 33.3 Å². The maximum Gasteiger partial charge on any atom is 0.137 e. The molecule has 0 heterocycles. The van der Waals surface area contributed by atoms with Gasteiger partial charge in [-0.2, -0.15) is 0 Å². The van der Waals surface area contributed by atoms with Gasteiger partial charge in [-0.05, 0) is 13.3 Å². The van der Waals surface area contributed by atoms with Crippen LogP contribution >= 0.6 is 0 Å². The van der Waals surface area contributed by atoms with E-state index in [1.807, 2.05) is 0 Å². The third kappa shape index (κ3) is 2.68. The molecular formula is C8H16O3Sg. The SMILES string of the molecule is CC(=O)C(C)(C)[C@H](O)CCO.[Sg]. The van der Waals surface area contributed by atoms with Crippen LogP contribution in [0.2, 0.25) is 0 Å². The van der Waals surface area contributed by atoms with Gasteiger partial charge in [0.1, 0.15) is 5.78 Å². The first-order valence-corrected chi connectivity index (χ1v) is 3.73. The van der Waals surface area contributed by atoms with E-state index in [1.54, 1.807) is 13.8 Å². The zero-order valence-electron chi connectivity index (χ0n) is 8.00. The normalized spacial score (nSPS) is 13.4. The van der Waals surface area contributed by atoms with E-state index in [0.717, 1.165) is 0 Å². The zero-order chi connectivity index (χ0) is 9.07. The monoisotopic (exact) mass is 431 g/mol. The first kappa shape index (κ1) is 13.2. The Kier molecular flexibility index (Phi) is 4.91. The average molecular weight is 429 g/mol. The Bertz CT molecular complexity index is 145. The molecule has 2 N–H and O–H groups in total. The second-order valence-electron chi connectivity index (χ2n) is 3.31. The number of aliphatic hydroxyl groups is 2. The van der Waals surface area contributed by atoms with E-state index in [4.69, 9.17) is 5.11 Å². The number of carbonyl (C=O) groups is 1. The first-order valence-electron chi connectivity index (χ1n) is 3.73. The number of hydrogen-bond donors (Lipinski definition) is 2. The molecule has 0 unspecified atom stereocenters. The van der Waals surface area contributed by atoms with Crippen LogP contribution in [-0.4, -0.2) is 28.7 Å². The maximum atomic E-state index is 10.9. The molecule has 0 fully saturated rings. The van der Waals surface area contributed by atoms with Gasteiger partial charge in [0.05, 0.1) is 6.10 Å². The predicted octanol–water partition coefficient (Wildman–Crippen LogP) is 0.345. The van der Waals surface area contributed by atoms with Gasteiger partial charge in [-0.3, -0.25) is 4.79 Å². The van der Waals surface area contributed by atoms with Crippen molar-refractivity contribution in [2.24, 2.45) is 5.41 Å². The van der Waals surface area contributed by atoms with Gasteiger partial charge in [-0.1, -0.05) is 13.8 Å². The first-order chi connectivity index (χ1) is 4.92. The van der Waals surface area contributed by atoms with Crippen molar-refractivity contribution in [3.8, 4) is 0 Å². The van der Waals surface area contributed by atoms with Crippen molar-refractivity contribution < 1.29 is 15.0 Å². The maximum absolute atomic E-state index is 10.9. The van der Waals surface area contributed by atoms with E-state index >= 15 is 0 Å². The number of hydrogen-bond acceptors (Lipinski definition) is 3. The third-order valence-electron chi connectivity index (χ3n) is 2.14. The van der Waals surface area contributed by atoms with E-state index in [0.29, 0.717) is 0 Å². The average Bonchev–Trinajstić information content (AvgIpc) is 1.88. The number of ketones is 1. The van der Waals surface area contributed by atoms with E-state index in [1.165, 1.54) is 6.92 Å². The van der Waals surface area contributed by atoms with Crippen LogP contribution in [0.4, 0.5) is 0 Å². The number of Topliss-reactive ketones (excluding diaryl/α,β-unsaturated/α-hetero) is 1. The van der Waals surface area contributed by atoms with Crippen LogP contribution in [0.25, 0.3) is 0 Å². The summed E-state index contributed by atoms with van der Waals surface area (Å²) < 4.78 is 0. The molecule has 0 aliphatic rings. The number of carbonyl (C=O) groups excluding carboxylic acids is 1. The van der Waals surface area contributed by atoms with Gasteiger partial charge in [-0.15, -0.1) is 0 Å². The van der Waals surface area contributed by atoms with Gasteiger partial charge in [0.2, 0.25) is 0 Å². The smallest absolute Gasteiger partial charge is 0.137 e. The van der Waals surface area contributed by atoms with Crippen molar-refractivity contribution >= 4 is 5.78 Å². The van der Waals surface area contributed by atoms with Crippen LogP contribution in [0.15, 0.2) is 0 Å². The predicted molar refractivity (Wildman–Crippen MR) is 42.2 cm³/mol. The Morgan fingerprint density at radius 3 is 2.17 bits per heavy atom. The fourth-order valence-corrected chi connectivity index (χ4v) is 0.718. The quantitative estimate of drug-likeness (QED) is 0.679. The van der Waals surface area contributed by atoms with Crippen LogP contribution in [-0.2, 0) is 4.79 Å². The van der Waals surface area contributed by atoms with Crippen LogP contribution < -0.4 is 0 Å². The van der Waals surface area contributed by atoms with Crippen LogP contribution in [0.3, 0.4) is 0 Å². The Morgan fingerprint density at radius 1 is 1.50 bits per heavy atom. The molecule has 0 aromatic rings. The standard InChI is InChI=1S/C8H16O3.Sg/c1-6(10)8(2,3)7(11)4-5-9;/h7,9,11H,4-5H2,1-3H3;/t7-;/m1./s1. The van der Waals surface area contributed by atoms with Gasteiger partial charge < -0.3 is 10.2 Å². The molecule has 0 aromatic carbocycles. The minimum absolute atomic E-state index is 0. The zero-order valence-corrected chi connectivity index (χ0v) is 14.5. The Balaban J connectivity index is 0. The summed E-state index contributed by atoms with van der Waals surface area (Å²) in [5.74, 6) is -0.0570. The Morgan fingerprint density at radius 2 is 1.92 bits per heavy atom. The molecular weight excluding hydrogens is 413 g/mol. The van der Waals surface area contributed by atoms with E-state index in [-0.39, 0.29) is 18.8 Å². The fourth-order valence-electron chi connectivity index (χ4n) is 0.718. The molecule has 0 aliphatic heterocycles. The van der Waals surface area contributed by atoms with E-state index in [9.17, 15) is 9.90 Å². The van der Waals surface area contributed by atoms with Gasteiger partial charge in [-0.25, -0.2) is 0 Å². The number of aliphatic hydroxyl groups excluding tert-OH is 2. The van der Waals surface area contributed by atoms with Crippen molar-refractivity contribution in [3.63, 3.8) is 0 Å². The third-order valence-corrected chi connectivity index (χ3v) is 2.14. The summed E-state index contributed by atoms with van der Waals surface area (Å²) >= 11 is 0. The molecule has 0 spiro atoms. The van der Waals surface area contributed by atoms with Gasteiger partial charge in [0.25, 0.3) is 0 Å². The Labute approximate surface area is 67.0 Å². The molecule has 0 aromatic heterocycles. The molecule has 0 bridgehead atoms. The number of rotatable bonds is 4. The summed E-state index contributed by atoms with van der Waals surface area (Å²) in [5.41, 5.74) is -0.733.